The van der Waals surface area contributed by atoms with Gasteiger partial charge in [0.2, 0.25) is 0 Å². The van der Waals surface area contributed by atoms with Crippen LogP contribution in [0.3, 0.4) is 0 Å². The summed E-state index contributed by atoms with van der Waals surface area (Å²) in [5.41, 5.74) is 2.45. The van der Waals surface area contributed by atoms with Crippen molar-refractivity contribution in [1.29, 1.82) is 0 Å². The first-order valence-electron chi connectivity index (χ1n) is 5.77. The van der Waals surface area contributed by atoms with Crippen molar-refractivity contribution in [2.75, 3.05) is 7.11 Å². The molecule has 0 saturated carbocycles. The van der Waals surface area contributed by atoms with Crippen LogP contribution in [0.2, 0.25) is 5.02 Å². The lowest BCUT2D eigenvalue weighted by Crippen LogP contribution is -1.98. The Balaban J connectivity index is 2.41. The summed E-state index contributed by atoms with van der Waals surface area (Å²) >= 11 is 12.5. The smallest absolute Gasteiger partial charge is 0.165 e. The van der Waals surface area contributed by atoms with Crippen molar-refractivity contribution < 1.29 is 9.13 Å². The third-order valence-electron chi connectivity index (χ3n) is 3.05. The molecule has 0 heterocycles. The molecule has 2 rings (SSSR count). The van der Waals surface area contributed by atoms with Crippen LogP contribution in [0.25, 0.3) is 0 Å². The first-order chi connectivity index (χ1) is 9.04. The average Bonchev–Trinajstić information content (AvgIpc) is 2.41. The Labute approximate surface area is 121 Å². The molecule has 0 aliphatic rings. The van der Waals surface area contributed by atoms with E-state index in [0.29, 0.717) is 10.6 Å². The molecule has 0 bridgehead atoms. The summed E-state index contributed by atoms with van der Waals surface area (Å²) in [6, 6.07) is 10.2. The first-order valence-corrected chi connectivity index (χ1v) is 6.58. The average molecular weight is 299 g/mol. The minimum absolute atomic E-state index is 0.204. The maximum absolute atomic E-state index is 13.7. The Hall–Kier alpha value is -1.25. The molecule has 1 nitrogen and oxygen atoms in total. The van der Waals surface area contributed by atoms with Gasteiger partial charge in [0.05, 0.1) is 12.5 Å². The Kier molecular flexibility index (Phi) is 4.33. The third kappa shape index (κ3) is 2.85. The summed E-state index contributed by atoms with van der Waals surface area (Å²) in [5, 5.41) is 0.205. The number of methoxy groups -OCH3 is 1. The number of rotatable bonds is 3. The fourth-order valence-electron chi connectivity index (χ4n) is 1.92. The molecule has 0 aliphatic heterocycles. The molecule has 1 unspecified atom stereocenters. The van der Waals surface area contributed by atoms with Crippen LogP contribution >= 0.6 is 23.2 Å². The van der Waals surface area contributed by atoms with Crippen LogP contribution in [0.4, 0.5) is 4.39 Å². The van der Waals surface area contributed by atoms with Crippen LogP contribution in [0, 0.1) is 12.7 Å². The molecule has 0 N–H and O–H groups in total. The van der Waals surface area contributed by atoms with Gasteiger partial charge in [-0.15, -0.1) is 11.6 Å². The first kappa shape index (κ1) is 14.2. The zero-order valence-corrected chi connectivity index (χ0v) is 12.1. The Morgan fingerprint density at radius 1 is 1.21 bits per heavy atom. The molecule has 0 aliphatic carbocycles. The topological polar surface area (TPSA) is 9.23 Å². The van der Waals surface area contributed by atoms with E-state index in [9.17, 15) is 4.39 Å². The van der Waals surface area contributed by atoms with Gasteiger partial charge in [-0.25, -0.2) is 4.39 Å². The molecule has 0 spiro atoms. The van der Waals surface area contributed by atoms with Crippen molar-refractivity contribution >= 4 is 23.2 Å². The van der Waals surface area contributed by atoms with E-state index < -0.39 is 11.2 Å². The van der Waals surface area contributed by atoms with Gasteiger partial charge in [-0.05, 0) is 41.8 Å². The molecular weight excluding hydrogens is 286 g/mol. The molecule has 2 aromatic rings. The van der Waals surface area contributed by atoms with E-state index in [0.717, 1.165) is 11.1 Å². The van der Waals surface area contributed by atoms with Crippen LogP contribution in [0.1, 0.15) is 22.1 Å². The Morgan fingerprint density at radius 3 is 2.58 bits per heavy atom. The summed E-state index contributed by atoms with van der Waals surface area (Å²) in [6.45, 7) is 1.90. The van der Waals surface area contributed by atoms with Gasteiger partial charge in [0.1, 0.15) is 0 Å². The van der Waals surface area contributed by atoms with Gasteiger partial charge < -0.3 is 4.74 Å². The molecule has 4 heteroatoms. The lowest BCUT2D eigenvalue weighted by molar-refractivity contribution is 0.386. The number of hydrogen-bond acceptors (Lipinski definition) is 1. The van der Waals surface area contributed by atoms with Crippen LogP contribution in [-0.2, 0) is 0 Å². The Bertz CT molecular complexity index is 599. The van der Waals surface area contributed by atoms with E-state index in [-0.39, 0.29) is 5.75 Å². The predicted molar refractivity (Wildman–Crippen MR) is 76.8 cm³/mol. The minimum Gasteiger partial charge on any atom is -0.494 e. The molecule has 1 atom stereocenters. The molecule has 19 heavy (non-hydrogen) atoms. The van der Waals surface area contributed by atoms with E-state index in [1.54, 1.807) is 18.2 Å². The number of hydrogen-bond donors (Lipinski definition) is 0. The SMILES string of the molecule is COc1ccc(C(Cl)c2cccc(Cl)c2C)cc1F. The van der Waals surface area contributed by atoms with Crippen LogP contribution in [0.15, 0.2) is 36.4 Å². The van der Waals surface area contributed by atoms with Crippen molar-refractivity contribution in [3.63, 3.8) is 0 Å². The summed E-state index contributed by atoms with van der Waals surface area (Å²) in [6.07, 6.45) is 0. The van der Waals surface area contributed by atoms with Crippen molar-refractivity contribution in [2.45, 2.75) is 12.3 Å². The lowest BCUT2D eigenvalue weighted by atomic mass is 10.00. The van der Waals surface area contributed by atoms with Gasteiger partial charge in [-0.2, -0.15) is 0 Å². The standard InChI is InChI=1S/C15H13Cl2FO/c1-9-11(4-3-5-12(9)16)15(17)10-6-7-14(19-2)13(18)8-10/h3-8,15H,1-2H3. The third-order valence-corrected chi connectivity index (χ3v) is 3.95. The zero-order valence-electron chi connectivity index (χ0n) is 10.6. The van der Waals surface area contributed by atoms with Crippen LogP contribution in [0.5, 0.6) is 5.75 Å². The van der Waals surface area contributed by atoms with Gasteiger partial charge >= 0.3 is 0 Å². The number of ether oxygens (including phenoxy) is 1. The van der Waals surface area contributed by atoms with Crippen molar-refractivity contribution in [3.05, 3.63) is 63.9 Å². The van der Waals surface area contributed by atoms with E-state index in [1.807, 2.05) is 19.1 Å². The number of alkyl halides is 1. The number of halogens is 3. The molecule has 0 aromatic heterocycles. The van der Waals surface area contributed by atoms with Crippen LogP contribution < -0.4 is 4.74 Å². The minimum atomic E-state index is -0.445. The monoisotopic (exact) mass is 298 g/mol. The van der Waals surface area contributed by atoms with Crippen molar-refractivity contribution in [3.8, 4) is 5.75 Å². The maximum Gasteiger partial charge on any atom is 0.165 e. The summed E-state index contributed by atoms with van der Waals surface area (Å²) in [5.74, 6) is -0.222. The maximum atomic E-state index is 13.7. The fourth-order valence-corrected chi connectivity index (χ4v) is 2.47. The normalized spacial score (nSPS) is 12.3. The molecule has 2 aromatic carbocycles. The molecule has 100 valence electrons. The van der Waals surface area contributed by atoms with E-state index >= 15 is 0 Å². The molecule has 0 saturated heterocycles. The molecular formula is C15H13Cl2FO. The molecule has 0 radical (unpaired) electrons. The van der Waals surface area contributed by atoms with Gasteiger partial charge in [0.25, 0.3) is 0 Å². The van der Waals surface area contributed by atoms with Gasteiger partial charge in [-0.3, -0.25) is 0 Å². The largest absolute Gasteiger partial charge is 0.494 e. The second-order valence-corrected chi connectivity index (χ2v) is 5.05. The van der Waals surface area contributed by atoms with Gasteiger partial charge in [-0.1, -0.05) is 29.8 Å². The van der Waals surface area contributed by atoms with E-state index in [1.165, 1.54) is 13.2 Å². The highest BCUT2D eigenvalue weighted by atomic mass is 35.5. The van der Waals surface area contributed by atoms with Crippen molar-refractivity contribution in [1.82, 2.24) is 0 Å². The number of benzene rings is 2. The lowest BCUT2D eigenvalue weighted by Gasteiger charge is -2.15. The summed E-state index contributed by atoms with van der Waals surface area (Å²) < 4.78 is 18.6. The Morgan fingerprint density at radius 2 is 1.95 bits per heavy atom. The summed E-state index contributed by atoms with van der Waals surface area (Å²) in [7, 11) is 1.43. The molecule has 0 amide bonds. The molecule has 0 fully saturated rings. The van der Waals surface area contributed by atoms with Crippen LogP contribution in [-0.4, -0.2) is 7.11 Å². The summed E-state index contributed by atoms with van der Waals surface area (Å²) in [4.78, 5) is 0. The second-order valence-electron chi connectivity index (χ2n) is 4.21. The fraction of sp³-hybridized carbons (Fsp3) is 0.200. The van der Waals surface area contributed by atoms with Gasteiger partial charge in [0.15, 0.2) is 11.6 Å². The second kappa shape index (κ2) is 5.81. The van der Waals surface area contributed by atoms with Crippen molar-refractivity contribution in [2.24, 2.45) is 0 Å². The predicted octanol–water partition coefficient (Wildman–Crippen LogP) is 5.12. The highest BCUT2D eigenvalue weighted by Crippen LogP contribution is 2.34. The van der Waals surface area contributed by atoms with E-state index in [2.05, 4.69) is 0 Å². The quantitative estimate of drug-likeness (QED) is 0.714. The van der Waals surface area contributed by atoms with Gasteiger partial charge in [0, 0.05) is 5.02 Å². The highest BCUT2D eigenvalue weighted by molar-refractivity contribution is 6.31. The zero-order chi connectivity index (χ0) is 14.0. The highest BCUT2D eigenvalue weighted by Gasteiger charge is 2.16. The van der Waals surface area contributed by atoms with E-state index in [4.69, 9.17) is 27.9 Å².